The molecule has 0 saturated carbocycles. The van der Waals surface area contributed by atoms with Crippen molar-refractivity contribution in [2.75, 3.05) is 6.61 Å². The molecule has 0 bridgehead atoms. The number of benzene rings is 1. The van der Waals surface area contributed by atoms with Crippen molar-refractivity contribution < 1.29 is 29.1 Å². The zero-order valence-corrected chi connectivity index (χ0v) is 10.7. The zero-order valence-electron chi connectivity index (χ0n) is 10.7. The molecule has 0 heterocycles. The number of unbranched alkanes of at least 4 members (excludes halogenated alkanes) is 2. The van der Waals surface area contributed by atoms with Crippen molar-refractivity contribution in [1.29, 1.82) is 0 Å². The summed E-state index contributed by atoms with van der Waals surface area (Å²) in [7, 11) is 0. The molecule has 0 spiro atoms. The van der Waals surface area contributed by atoms with Crippen LogP contribution in [0.1, 0.15) is 36.5 Å². The minimum absolute atomic E-state index is 0.239. The molecule has 0 saturated heterocycles. The fourth-order valence-corrected chi connectivity index (χ4v) is 1.23. The predicted octanol–water partition coefficient (Wildman–Crippen LogP) is 3.03. The Kier molecular flexibility index (Phi) is 7.04. The maximum atomic E-state index is 11.3. The number of hydrogen-bond donors (Lipinski definition) is 0. The molecule has 19 heavy (non-hydrogen) atoms. The summed E-state index contributed by atoms with van der Waals surface area (Å²) in [5.41, 5.74) is 0.280. The van der Waals surface area contributed by atoms with Crippen molar-refractivity contribution in [2.45, 2.75) is 26.2 Å². The lowest BCUT2D eigenvalue weighted by molar-refractivity contribution is -0.452. The second-order valence-corrected chi connectivity index (χ2v) is 3.69. The van der Waals surface area contributed by atoms with Crippen LogP contribution in [0.15, 0.2) is 30.3 Å². The minimum Gasteiger partial charge on any atom is -0.432 e. The molecule has 0 aliphatic rings. The smallest absolute Gasteiger partial charge is 0.432 e. The van der Waals surface area contributed by atoms with Crippen molar-refractivity contribution in [1.82, 2.24) is 0 Å². The van der Waals surface area contributed by atoms with Gasteiger partial charge >= 0.3 is 12.1 Å². The Hall–Kier alpha value is -2.08. The van der Waals surface area contributed by atoms with Gasteiger partial charge in [-0.05, 0) is 18.6 Å². The van der Waals surface area contributed by atoms with E-state index >= 15 is 0 Å². The van der Waals surface area contributed by atoms with E-state index < -0.39 is 12.1 Å². The van der Waals surface area contributed by atoms with Crippen LogP contribution in [0, 0.1) is 0 Å². The molecule has 0 aliphatic carbocycles. The van der Waals surface area contributed by atoms with Gasteiger partial charge in [0, 0.05) is 0 Å². The molecular weight excluding hydrogens is 252 g/mol. The van der Waals surface area contributed by atoms with Gasteiger partial charge < -0.3 is 4.74 Å². The highest BCUT2D eigenvalue weighted by Crippen LogP contribution is 2.02. The molecule has 104 valence electrons. The van der Waals surface area contributed by atoms with Gasteiger partial charge in [-0.25, -0.2) is 14.5 Å². The summed E-state index contributed by atoms with van der Waals surface area (Å²) in [5.74, 6) is -0.764. The molecule has 0 radical (unpaired) electrons. The second-order valence-electron chi connectivity index (χ2n) is 3.69. The highest BCUT2D eigenvalue weighted by Gasteiger charge is 2.11. The first-order chi connectivity index (χ1) is 9.24. The summed E-state index contributed by atoms with van der Waals surface area (Å²) in [6.07, 6.45) is 1.67. The highest BCUT2D eigenvalue weighted by atomic mass is 17.5. The van der Waals surface area contributed by atoms with Gasteiger partial charge in [0.05, 0.1) is 17.2 Å². The zero-order chi connectivity index (χ0) is 13.9. The number of carbonyl (C=O) groups excluding carboxylic acids is 2. The van der Waals surface area contributed by atoms with Crippen LogP contribution in [0.2, 0.25) is 0 Å². The lowest BCUT2D eigenvalue weighted by Gasteiger charge is -2.03. The van der Waals surface area contributed by atoms with Crippen molar-refractivity contribution in [3.05, 3.63) is 35.9 Å². The second kappa shape index (κ2) is 8.93. The Labute approximate surface area is 111 Å². The Morgan fingerprint density at radius 3 is 2.47 bits per heavy atom. The Morgan fingerprint density at radius 2 is 1.79 bits per heavy atom. The third-order valence-corrected chi connectivity index (χ3v) is 2.19. The van der Waals surface area contributed by atoms with Gasteiger partial charge in [0.25, 0.3) is 0 Å². The monoisotopic (exact) mass is 268 g/mol. The van der Waals surface area contributed by atoms with Gasteiger partial charge in [-0.3, -0.25) is 4.89 Å². The van der Waals surface area contributed by atoms with Crippen molar-refractivity contribution in [3.8, 4) is 0 Å². The van der Waals surface area contributed by atoms with Gasteiger partial charge in [-0.2, -0.15) is 0 Å². The molecule has 1 rings (SSSR count). The lowest BCUT2D eigenvalue weighted by Crippen LogP contribution is -2.12. The summed E-state index contributed by atoms with van der Waals surface area (Å²) in [5, 5.41) is 4.04. The van der Waals surface area contributed by atoms with E-state index in [1.807, 2.05) is 6.92 Å². The van der Waals surface area contributed by atoms with Crippen molar-refractivity contribution in [2.24, 2.45) is 0 Å². The van der Waals surface area contributed by atoms with E-state index in [4.69, 9.17) is 0 Å². The third kappa shape index (κ3) is 6.42. The first-order valence-corrected chi connectivity index (χ1v) is 6.01. The van der Waals surface area contributed by atoms with Crippen molar-refractivity contribution >= 4 is 12.1 Å². The Balaban J connectivity index is 2.13. The number of rotatable bonds is 7. The third-order valence-electron chi connectivity index (χ3n) is 2.19. The maximum absolute atomic E-state index is 11.3. The van der Waals surface area contributed by atoms with Gasteiger partial charge in [-0.1, -0.05) is 38.0 Å². The van der Waals surface area contributed by atoms with Crippen molar-refractivity contribution in [3.63, 3.8) is 0 Å². The van der Waals surface area contributed by atoms with Crippen LogP contribution in [0.25, 0.3) is 0 Å². The first kappa shape index (κ1) is 15.0. The molecule has 1 aromatic rings. The SMILES string of the molecule is CCCCCOC(=O)OOOC(=O)c1ccccc1. The molecule has 0 aromatic heterocycles. The molecular formula is C13H16O6. The summed E-state index contributed by atoms with van der Waals surface area (Å²) in [6.45, 7) is 2.27. The average molecular weight is 268 g/mol. The van der Waals surface area contributed by atoms with Crippen LogP contribution in [-0.4, -0.2) is 18.7 Å². The molecule has 0 atom stereocenters. The number of hydrogen-bond acceptors (Lipinski definition) is 6. The van der Waals surface area contributed by atoms with E-state index in [0.717, 1.165) is 19.3 Å². The highest BCUT2D eigenvalue weighted by molar-refractivity contribution is 5.88. The first-order valence-electron chi connectivity index (χ1n) is 6.01. The van der Waals surface area contributed by atoms with E-state index in [2.05, 4.69) is 19.6 Å². The van der Waals surface area contributed by atoms with Gasteiger partial charge in [0.15, 0.2) is 0 Å². The fourth-order valence-electron chi connectivity index (χ4n) is 1.23. The Bertz CT molecular complexity index is 389. The molecule has 0 aliphatic heterocycles. The molecule has 0 unspecified atom stereocenters. The van der Waals surface area contributed by atoms with Crippen LogP contribution in [0.5, 0.6) is 0 Å². The molecule has 0 amide bonds. The molecule has 0 fully saturated rings. The van der Waals surface area contributed by atoms with Crippen LogP contribution >= 0.6 is 0 Å². The predicted molar refractivity (Wildman–Crippen MR) is 64.9 cm³/mol. The van der Waals surface area contributed by atoms with Gasteiger partial charge in [0.1, 0.15) is 0 Å². The summed E-state index contributed by atoms with van der Waals surface area (Å²) in [4.78, 5) is 30.7. The number of ether oxygens (including phenoxy) is 1. The molecule has 0 N–H and O–H groups in total. The van der Waals surface area contributed by atoms with E-state index in [9.17, 15) is 9.59 Å². The van der Waals surface area contributed by atoms with E-state index in [1.54, 1.807) is 18.2 Å². The molecule has 6 nitrogen and oxygen atoms in total. The Morgan fingerprint density at radius 1 is 1.05 bits per heavy atom. The summed E-state index contributed by atoms with van der Waals surface area (Å²) < 4.78 is 4.65. The quantitative estimate of drug-likeness (QED) is 0.327. The minimum atomic E-state index is -1.04. The topological polar surface area (TPSA) is 71.1 Å². The lowest BCUT2D eigenvalue weighted by atomic mass is 10.2. The summed E-state index contributed by atoms with van der Waals surface area (Å²) in [6, 6.07) is 8.16. The van der Waals surface area contributed by atoms with E-state index in [1.165, 1.54) is 12.1 Å². The number of carbonyl (C=O) groups is 2. The van der Waals surface area contributed by atoms with E-state index in [-0.39, 0.29) is 12.2 Å². The van der Waals surface area contributed by atoms with Gasteiger partial charge in [0.2, 0.25) is 0 Å². The van der Waals surface area contributed by atoms with Crippen LogP contribution in [0.3, 0.4) is 0 Å². The fraction of sp³-hybridized carbons (Fsp3) is 0.385. The molecule has 1 aromatic carbocycles. The normalized spacial score (nSPS) is 9.74. The van der Waals surface area contributed by atoms with E-state index in [0.29, 0.717) is 0 Å². The van der Waals surface area contributed by atoms with Crippen LogP contribution in [0.4, 0.5) is 4.79 Å². The molecule has 6 heteroatoms. The summed E-state index contributed by atoms with van der Waals surface area (Å²) >= 11 is 0. The van der Waals surface area contributed by atoms with Crippen LogP contribution in [-0.2, 0) is 19.6 Å². The maximum Gasteiger partial charge on any atom is 0.543 e. The largest absolute Gasteiger partial charge is 0.543 e. The average Bonchev–Trinajstić information content (AvgIpc) is 2.44. The van der Waals surface area contributed by atoms with Gasteiger partial charge in [-0.15, -0.1) is 0 Å². The van der Waals surface area contributed by atoms with Crippen LogP contribution < -0.4 is 0 Å². The standard InChI is InChI=1S/C13H16O6/c1-2-3-7-10-16-13(15)18-19-17-12(14)11-8-5-4-6-9-11/h4-6,8-9H,2-3,7,10H2,1H3.